The van der Waals surface area contributed by atoms with Gasteiger partial charge in [-0.2, -0.15) is 0 Å². The van der Waals surface area contributed by atoms with Gasteiger partial charge in [0.1, 0.15) is 4.60 Å². The maximum absolute atomic E-state index is 6.09. The quantitative estimate of drug-likeness (QED) is 0.801. The summed E-state index contributed by atoms with van der Waals surface area (Å²) in [5.74, 6) is 0.831. The highest BCUT2D eigenvalue weighted by Gasteiger charge is 2.30. The van der Waals surface area contributed by atoms with Crippen molar-refractivity contribution in [1.29, 1.82) is 0 Å². The number of hydrogen-bond donors (Lipinski definition) is 1. The van der Waals surface area contributed by atoms with Crippen molar-refractivity contribution in [2.24, 2.45) is 5.92 Å². The van der Waals surface area contributed by atoms with E-state index in [1.165, 1.54) is 18.4 Å². The maximum atomic E-state index is 6.09. The first-order valence-electron chi connectivity index (χ1n) is 5.98. The van der Waals surface area contributed by atoms with Gasteiger partial charge in [0.2, 0.25) is 0 Å². The smallest absolute Gasteiger partial charge is 0.124 e. The summed E-state index contributed by atoms with van der Waals surface area (Å²) in [4.78, 5) is 4.26. The zero-order chi connectivity index (χ0) is 11.8. The van der Waals surface area contributed by atoms with Crippen LogP contribution in [0.15, 0.2) is 22.9 Å². The number of nitrogens with one attached hydrogen (secondary N) is 1. The van der Waals surface area contributed by atoms with E-state index >= 15 is 0 Å². The zero-order valence-electron chi connectivity index (χ0n) is 9.42. The third-order valence-electron chi connectivity index (χ3n) is 3.76. The molecule has 1 aliphatic carbocycles. The maximum Gasteiger partial charge on any atom is 0.124 e. The minimum atomic E-state index is 0.650. The molecule has 1 N–H and O–H groups in total. The van der Waals surface area contributed by atoms with Crippen molar-refractivity contribution in [2.75, 3.05) is 6.54 Å². The number of allylic oxidation sites excluding steroid dienone is 1. The number of rotatable bonds is 1. The monoisotopic (exact) mass is 312 g/mol. The molecule has 2 aliphatic rings. The SMILES string of the molecule is Clc1cc(C2=CC[C@H]3CCN[C@H]3C2)cnc1Br. The summed E-state index contributed by atoms with van der Waals surface area (Å²) in [6.07, 6.45) is 7.85. The van der Waals surface area contributed by atoms with Crippen LogP contribution in [0.4, 0.5) is 0 Å². The standard InChI is InChI=1S/C13H14BrClN2/c14-13-11(15)5-10(7-17-13)9-2-1-8-3-4-16-12(8)6-9/h2,5,7-8,12,16H,1,3-4,6H2/t8-,12-/m0/s1. The Morgan fingerprint density at radius 1 is 1.47 bits per heavy atom. The highest BCUT2D eigenvalue weighted by atomic mass is 79.9. The molecule has 1 fully saturated rings. The van der Waals surface area contributed by atoms with E-state index in [-0.39, 0.29) is 0 Å². The fourth-order valence-corrected chi connectivity index (χ4v) is 3.17. The number of nitrogens with zero attached hydrogens (tertiary/aromatic N) is 1. The molecule has 0 radical (unpaired) electrons. The van der Waals surface area contributed by atoms with Crippen molar-refractivity contribution in [3.05, 3.63) is 33.5 Å². The van der Waals surface area contributed by atoms with Gasteiger partial charge in [0.15, 0.2) is 0 Å². The third kappa shape index (κ3) is 2.28. The van der Waals surface area contributed by atoms with Gasteiger partial charge in [-0.25, -0.2) is 4.98 Å². The normalized spacial score (nSPS) is 27.8. The van der Waals surface area contributed by atoms with Crippen molar-refractivity contribution in [3.63, 3.8) is 0 Å². The van der Waals surface area contributed by atoms with Crippen LogP contribution in [0.3, 0.4) is 0 Å². The van der Waals surface area contributed by atoms with Crippen LogP contribution in [0.5, 0.6) is 0 Å². The van der Waals surface area contributed by atoms with E-state index in [1.54, 1.807) is 0 Å². The van der Waals surface area contributed by atoms with Gasteiger partial charge in [-0.3, -0.25) is 0 Å². The molecule has 17 heavy (non-hydrogen) atoms. The van der Waals surface area contributed by atoms with E-state index in [0.717, 1.165) is 29.1 Å². The number of halogens is 2. The molecule has 2 nitrogen and oxygen atoms in total. The Morgan fingerprint density at radius 2 is 2.35 bits per heavy atom. The minimum absolute atomic E-state index is 0.650. The van der Waals surface area contributed by atoms with Crippen molar-refractivity contribution in [2.45, 2.75) is 25.3 Å². The van der Waals surface area contributed by atoms with Crippen LogP contribution in [-0.4, -0.2) is 17.6 Å². The molecule has 4 heteroatoms. The molecular formula is C13H14BrClN2. The molecule has 2 heterocycles. The molecule has 0 aromatic carbocycles. The van der Waals surface area contributed by atoms with E-state index in [4.69, 9.17) is 11.6 Å². The summed E-state index contributed by atoms with van der Waals surface area (Å²) in [5.41, 5.74) is 2.54. The highest BCUT2D eigenvalue weighted by Crippen LogP contribution is 2.35. The first-order valence-corrected chi connectivity index (χ1v) is 7.15. The first-order chi connectivity index (χ1) is 8.24. The first kappa shape index (κ1) is 11.7. The minimum Gasteiger partial charge on any atom is -0.313 e. The number of hydrogen-bond acceptors (Lipinski definition) is 2. The lowest BCUT2D eigenvalue weighted by molar-refractivity contribution is 0.445. The summed E-state index contributed by atoms with van der Waals surface area (Å²) < 4.78 is 0.719. The Morgan fingerprint density at radius 3 is 3.18 bits per heavy atom. The van der Waals surface area contributed by atoms with Crippen molar-refractivity contribution < 1.29 is 0 Å². The largest absolute Gasteiger partial charge is 0.313 e. The van der Waals surface area contributed by atoms with Crippen LogP contribution in [0, 0.1) is 5.92 Å². The second kappa shape index (κ2) is 4.71. The highest BCUT2D eigenvalue weighted by molar-refractivity contribution is 9.10. The summed E-state index contributed by atoms with van der Waals surface area (Å²) in [6, 6.07) is 2.65. The average Bonchev–Trinajstić information content (AvgIpc) is 2.79. The van der Waals surface area contributed by atoms with Gasteiger partial charge < -0.3 is 5.32 Å². The molecule has 0 saturated carbocycles. The van der Waals surface area contributed by atoms with Gasteiger partial charge in [0.05, 0.1) is 5.02 Å². The van der Waals surface area contributed by atoms with Crippen molar-refractivity contribution in [1.82, 2.24) is 10.3 Å². The second-order valence-electron chi connectivity index (χ2n) is 4.78. The number of aromatic nitrogens is 1. The van der Waals surface area contributed by atoms with Gasteiger partial charge in [-0.05, 0) is 64.9 Å². The molecule has 0 amide bonds. The van der Waals surface area contributed by atoms with Crippen molar-refractivity contribution >= 4 is 33.1 Å². The van der Waals surface area contributed by atoms with E-state index in [9.17, 15) is 0 Å². The van der Waals surface area contributed by atoms with Crippen LogP contribution in [0.1, 0.15) is 24.8 Å². The van der Waals surface area contributed by atoms with Gasteiger partial charge in [-0.1, -0.05) is 17.7 Å². The lowest BCUT2D eigenvalue weighted by Gasteiger charge is -2.25. The summed E-state index contributed by atoms with van der Waals surface area (Å²) in [5, 5.41) is 4.27. The number of fused-ring (bicyclic) bond motifs is 1. The lowest BCUT2D eigenvalue weighted by atomic mass is 9.84. The molecule has 90 valence electrons. The number of pyridine rings is 1. The van der Waals surface area contributed by atoms with Gasteiger partial charge >= 0.3 is 0 Å². The second-order valence-corrected chi connectivity index (χ2v) is 5.93. The Labute approximate surface area is 115 Å². The van der Waals surface area contributed by atoms with E-state index < -0.39 is 0 Å². The fourth-order valence-electron chi connectivity index (χ4n) is 2.79. The Hall–Kier alpha value is -0.380. The molecule has 0 bridgehead atoms. The lowest BCUT2D eigenvalue weighted by Crippen LogP contribution is -2.29. The predicted molar refractivity (Wildman–Crippen MR) is 74.1 cm³/mol. The average molecular weight is 314 g/mol. The van der Waals surface area contributed by atoms with E-state index in [2.05, 4.69) is 32.3 Å². The van der Waals surface area contributed by atoms with E-state index in [1.807, 2.05) is 12.3 Å². The Kier molecular flexibility index (Phi) is 3.24. The van der Waals surface area contributed by atoms with Crippen LogP contribution in [0.2, 0.25) is 5.02 Å². The molecule has 1 aliphatic heterocycles. The Bertz CT molecular complexity index is 472. The fraction of sp³-hybridized carbons (Fsp3) is 0.462. The van der Waals surface area contributed by atoms with Gasteiger partial charge in [-0.15, -0.1) is 0 Å². The summed E-state index contributed by atoms with van der Waals surface area (Å²) >= 11 is 9.42. The van der Waals surface area contributed by atoms with Crippen molar-refractivity contribution in [3.8, 4) is 0 Å². The van der Waals surface area contributed by atoms with Gasteiger partial charge in [0, 0.05) is 12.2 Å². The molecule has 2 atom stereocenters. The molecule has 3 rings (SSSR count). The van der Waals surface area contributed by atoms with Crippen LogP contribution in [-0.2, 0) is 0 Å². The molecule has 1 aromatic rings. The summed E-state index contributed by atoms with van der Waals surface area (Å²) in [6.45, 7) is 1.16. The van der Waals surface area contributed by atoms with Gasteiger partial charge in [0.25, 0.3) is 0 Å². The van der Waals surface area contributed by atoms with Crippen LogP contribution >= 0.6 is 27.5 Å². The molecule has 1 aromatic heterocycles. The predicted octanol–water partition coefficient (Wildman–Crippen LogP) is 3.65. The molecule has 0 unspecified atom stereocenters. The third-order valence-corrected chi connectivity index (χ3v) is 4.91. The topological polar surface area (TPSA) is 24.9 Å². The zero-order valence-corrected chi connectivity index (χ0v) is 11.8. The van der Waals surface area contributed by atoms with Crippen LogP contribution < -0.4 is 5.32 Å². The Balaban J connectivity index is 1.86. The molecule has 1 saturated heterocycles. The van der Waals surface area contributed by atoms with E-state index in [0.29, 0.717) is 11.1 Å². The van der Waals surface area contributed by atoms with Crippen LogP contribution in [0.25, 0.3) is 5.57 Å². The molecular weight excluding hydrogens is 300 g/mol. The molecule has 0 spiro atoms. The summed E-state index contributed by atoms with van der Waals surface area (Å²) in [7, 11) is 0.